The maximum atomic E-state index is 13.3. The molecule has 0 bridgehead atoms. The number of carbonyl (C=O) groups excluding carboxylic acids is 7. The van der Waals surface area contributed by atoms with Gasteiger partial charge < -0.3 is 48.8 Å². The quantitative estimate of drug-likeness (QED) is 0.0652. The molecule has 0 unspecified atom stereocenters. The highest BCUT2D eigenvalue weighted by Crippen LogP contribution is 2.17. The van der Waals surface area contributed by atoms with E-state index in [4.69, 9.17) is 23.7 Å². The summed E-state index contributed by atoms with van der Waals surface area (Å²) in [6.07, 6.45) is 8.23. The van der Waals surface area contributed by atoms with E-state index in [1.54, 1.807) is 96.2 Å². The minimum atomic E-state index is -1.25. The first-order chi connectivity index (χ1) is 31.2. The number of aromatic nitrogens is 4. The van der Waals surface area contributed by atoms with Crippen LogP contribution in [0.5, 0.6) is 0 Å². The molecule has 0 saturated carbocycles. The summed E-state index contributed by atoms with van der Waals surface area (Å²) >= 11 is 0. The Balaban J connectivity index is 2.08. The number of rotatable bonds is 24. The lowest BCUT2D eigenvalue weighted by atomic mass is 10.1. The minimum absolute atomic E-state index is 0.0128. The maximum absolute atomic E-state index is 13.3. The van der Waals surface area contributed by atoms with Crippen LogP contribution in [-0.4, -0.2) is 119 Å². The van der Waals surface area contributed by atoms with Crippen LogP contribution in [0.3, 0.4) is 0 Å². The first kappa shape index (κ1) is 58.6. The number of carbonyl (C=O) groups is 7. The molecule has 0 aromatic carbocycles. The number of nitrogens with one attached hydrogen (secondary N) is 3. The number of amides is 3. The topological polar surface area (TPSA) is 241 Å². The highest BCUT2D eigenvalue weighted by Gasteiger charge is 2.32. The van der Waals surface area contributed by atoms with Crippen LogP contribution in [0.1, 0.15) is 160 Å². The molecule has 20 heteroatoms. The second-order valence-electron chi connectivity index (χ2n) is 21.7. The Labute approximate surface area is 402 Å². The Morgan fingerprint density at radius 1 is 0.544 bits per heavy atom. The van der Waals surface area contributed by atoms with Crippen molar-refractivity contribution in [2.75, 3.05) is 13.1 Å². The second kappa shape index (κ2) is 25.7. The maximum Gasteiger partial charge on any atom is 0.329 e. The molecule has 0 spiro atoms. The first-order valence-corrected chi connectivity index (χ1v) is 23.3. The molecular formula is C48H80N8O12. The number of nitrogens with zero attached hydrogens (tertiary/aromatic N) is 5. The van der Waals surface area contributed by atoms with Crippen LogP contribution in [0.4, 0.5) is 4.79 Å². The van der Waals surface area contributed by atoms with E-state index in [9.17, 15) is 33.6 Å². The average molecular weight is 961 g/mol. The zero-order valence-corrected chi connectivity index (χ0v) is 43.3. The van der Waals surface area contributed by atoms with Gasteiger partial charge in [0.25, 0.3) is 0 Å². The molecule has 2 atom stereocenters. The van der Waals surface area contributed by atoms with Gasteiger partial charge in [-0.15, -0.1) is 0 Å². The Hall–Kier alpha value is -5.53. The summed E-state index contributed by atoms with van der Waals surface area (Å²) in [5.41, 5.74) is -3.83. The third-order valence-electron chi connectivity index (χ3n) is 8.96. The van der Waals surface area contributed by atoms with Crippen molar-refractivity contribution in [2.45, 2.75) is 215 Å². The van der Waals surface area contributed by atoms with Crippen LogP contribution in [-0.2, 0) is 78.6 Å². The SMILES string of the molecule is CC(C)(C)OC(=O)CC[C@H](NC(=O)N[C@@H](CCC(=O)NCCCCCN(Cc1nccn1CC(=O)OC(C)(C)C)Cc1nccn1CC(=O)OC(C)(C)C)C(=O)OC(C)(C)C)C(=O)OC(C)(C)C. The van der Waals surface area contributed by atoms with E-state index in [2.05, 4.69) is 30.8 Å². The zero-order valence-electron chi connectivity index (χ0n) is 43.3. The molecular weight excluding hydrogens is 881 g/mol. The van der Waals surface area contributed by atoms with Crippen LogP contribution >= 0.6 is 0 Å². The highest BCUT2D eigenvalue weighted by atomic mass is 16.6. The predicted octanol–water partition coefficient (Wildman–Crippen LogP) is 5.67. The summed E-state index contributed by atoms with van der Waals surface area (Å²) in [6.45, 7) is 27.7. The Morgan fingerprint density at radius 2 is 0.941 bits per heavy atom. The van der Waals surface area contributed by atoms with Gasteiger partial charge in [-0.2, -0.15) is 0 Å². The lowest BCUT2D eigenvalue weighted by Gasteiger charge is -2.27. The van der Waals surface area contributed by atoms with Gasteiger partial charge in [0.15, 0.2) is 0 Å². The number of hydrogen-bond donors (Lipinski definition) is 3. The summed E-state index contributed by atoms with van der Waals surface area (Å²) in [5.74, 6) is -1.95. The molecule has 0 fully saturated rings. The number of ether oxygens (including phenoxy) is 5. The molecule has 2 aromatic heterocycles. The summed E-state index contributed by atoms with van der Waals surface area (Å²) < 4.78 is 31.0. The first-order valence-electron chi connectivity index (χ1n) is 23.3. The number of esters is 5. The fraction of sp³-hybridized carbons (Fsp3) is 0.729. The van der Waals surface area contributed by atoms with Gasteiger partial charge in [-0.3, -0.25) is 24.1 Å². The van der Waals surface area contributed by atoms with Gasteiger partial charge in [0, 0.05) is 44.2 Å². The number of hydrogen-bond acceptors (Lipinski definition) is 15. The van der Waals surface area contributed by atoms with Gasteiger partial charge in [0.2, 0.25) is 5.91 Å². The molecule has 68 heavy (non-hydrogen) atoms. The van der Waals surface area contributed by atoms with E-state index >= 15 is 0 Å². The van der Waals surface area contributed by atoms with E-state index < -0.39 is 76.0 Å². The van der Waals surface area contributed by atoms with Crippen LogP contribution in [0.2, 0.25) is 0 Å². The van der Waals surface area contributed by atoms with Crippen molar-refractivity contribution in [3.05, 3.63) is 36.4 Å². The molecule has 3 N–H and O–H groups in total. The van der Waals surface area contributed by atoms with Gasteiger partial charge in [0.1, 0.15) is 64.8 Å². The molecule has 0 aliphatic heterocycles. The molecule has 2 aromatic rings. The zero-order chi connectivity index (χ0) is 51.7. The Morgan fingerprint density at radius 3 is 1.35 bits per heavy atom. The summed E-state index contributed by atoms with van der Waals surface area (Å²) in [5, 5.41) is 7.95. The van der Waals surface area contributed by atoms with Crippen molar-refractivity contribution in [3.8, 4) is 0 Å². The minimum Gasteiger partial charge on any atom is -0.460 e. The van der Waals surface area contributed by atoms with Crippen LogP contribution < -0.4 is 16.0 Å². The van der Waals surface area contributed by atoms with Gasteiger partial charge in [0.05, 0.1) is 13.1 Å². The van der Waals surface area contributed by atoms with E-state index in [-0.39, 0.29) is 44.7 Å². The molecule has 0 aliphatic carbocycles. The molecule has 2 rings (SSSR count). The number of imidazole rings is 2. The standard InChI is InChI=1S/C48H80N8O12/c1-44(2,3)64-38(58)22-20-34(42(62)68-48(13,14)15)53-43(63)52-33(41(61)67-47(10,11)12)19-21-37(57)51-23-17-16-18-26-54(29-35-49-24-27-55(35)31-39(59)65-45(4,5)6)30-36-50-25-28-56(36)32-40(60)66-46(7,8)9/h24-25,27-28,33-34H,16-23,26,29-32H2,1-15H3,(H,51,57)(H2,52,53,63)/t33-,34-/m0/s1. The second-order valence-corrected chi connectivity index (χ2v) is 21.7. The fourth-order valence-corrected chi connectivity index (χ4v) is 6.40. The smallest absolute Gasteiger partial charge is 0.329 e. The number of unbranched alkanes of at least 4 members (excludes halogenated alkanes) is 2. The third-order valence-corrected chi connectivity index (χ3v) is 8.96. The van der Waals surface area contributed by atoms with Crippen molar-refractivity contribution in [1.82, 2.24) is 40.0 Å². The largest absolute Gasteiger partial charge is 0.460 e. The van der Waals surface area contributed by atoms with Crippen molar-refractivity contribution in [1.29, 1.82) is 0 Å². The summed E-state index contributed by atoms with van der Waals surface area (Å²) in [4.78, 5) is 102. The summed E-state index contributed by atoms with van der Waals surface area (Å²) in [6, 6.07) is -3.40. The lowest BCUT2D eigenvalue weighted by molar-refractivity contribution is -0.159. The van der Waals surface area contributed by atoms with E-state index in [1.807, 2.05) is 41.5 Å². The molecule has 0 aliphatic rings. The van der Waals surface area contributed by atoms with Crippen LogP contribution in [0, 0.1) is 0 Å². The van der Waals surface area contributed by atoms with Crippen LogP contribution in [0.25, 0.3) is 0 Å². The van der Waals surface area contributed by atoms with Crippen molar-refractivity contribution >= 4 is 41.8 Å². The predicted molar refractivity (Wildman–Crippen MR) is 252 cm³/mol. The van der Waals surface area contributed by atoms with Gasteiger partial charge in [-0.1, -0.05) is 6.42 Å². The molecule has 0 radical (unpaired) electrons. The Bertz CT molecular complexity index is 1910. The van der Waals surface area contributed by atoms with Gasteiger partial charge >= 0.3 is 35.9 Å². The number of urea groups is 1. The Kier molecular flexibility index (Phi) is 22.2. The fourth-order valence-electron chi connectivity index (χ4n) is 6.40. The molecule has 20 nitrogen and oxygen atoms in total. The normalized spacial score (nSPS) is 13.2. The van der Waals surface area contributed by atoms with E-state index in [0.29, 0.717) is 44.2 Å². The third kappa shape index (κ3) is 26.1. The van der Waals surface area contributed by atoms with Crippen molar-refractivity contribution < 1.29 is 57.2 Å². The summed E-state index contributed by atoms with van der Waals surface area (Å²) in [7, 11) is 0. The average Bonchev–Trinajstić information content (AvgIpc) is 3.77. The van der Waals surface area contributed by atoms with Crippen LogP contribution in [0.15, 0.2) is 24.8 Å². The molecule has 384 valence electrons. The molecule has 3 amide bonds. The highest BCUT2D eigenvalue weighted by molar-refractivity contribution is 5.88. The van der Waals surface area contributed by atoms with Gasteiger partial charge in [-0.05, 0) is 136 Å². The van der Waals surface area contributed by atoms with Crippen molar-refractivity contribution in [2.24, 2.45) is 0 Å². The molecule has 2 heterocycles. The monoisotopic (exact) mass is 961 g/mol. The lowest BCUT2D eigenvalue weighted by Crippen LogP contribution is -2.53. The van der Waals surface area contributed by atoms with Crippen molar-refractivity contribution in [3.63, 3.8) is 0 Å². The van der Waals surface area contributed by atoms with E-state index in [1.165, 1.54) is 0 Å². The molecule has 0 saturated heterocycles. The van der Waals surface area contributed by atoms with Gasteiger partial charge in [-0.25, -0.2) is 24.4 Å². The van der Waals surface area contributed by atoms with E-state index in [0.717, 1.165) is 12.8 Å².